The second-order valence-corrected chi connectivity index (χ2v) is 9.15. The Hall–Kier alpha value is -2.20. The maximum Gasteiger partial charge on any atom is 0.270 e. The number of phenols is 1. The van der Waals surface area contributed by atoms with Crippen molar-refractivity contribution in [2.45, 2.75) is 49.3 Å². The molecule has 0 aliphatic carbocycles. The molecular formula is C26H27BrF2O. The molecule has 0 aromatic heterocycles. The maximum atomic E-state index is 13.5. The van der Waals surface area contributed by atoms with Gasteiger partial charge in [0.2, 0.25) is 0 Å². The first-order chi connectivity index (χ1) is 14.2. The molecule has 3 unspecified atom stereocenters. The quantitative estimate of drug-likeness (QED) is 0.326. The Morgan fingerprint density at radius 1 is 0.800 bits per heavy atom. The average Bonchev–Trinajstić information content (AvgIpc) is 2.74. The molecule has 0 amide bonds. The lowest BCUT2D eigenvalue weighted by atomic mass is 9.82. The molecule has 158 valence electrons. The van der Waals surface area contributed by atoms with Crippen LogP contribution in [0.3, 0.4) is 0 Å². The molecule has 4 heteroatoms. The number of hydrogen-bond donors (Lipinski definition) is 1. The second-order valence-electron chi connectivity index (χ2n) is 8.05. The van der Waals surface area contributed by atoms with Gasteiger partial charge in [0, 0.05) is 17.3 Å². The largest absolute Gasteiger partial charge is 0.508 e. The van der Waals surface area contributed by atoms with Crippen molar-refractivity contribution in [3.63, 3.8) is 0 Å². The molecule has 3 aromatic rings. The molecule has 0 bridgehead atoms. The Kier molecular flexibility index (Phi) is 7.30. The zero-order chi connectivity index (χ0) is 21.7. The zero-order valence-corrected chi connectivity index (χ0v) is 18.8. The van der Waals surface area contributed by atoms with E-state index in [0.717, 1.165) is 30.9 Å². The SMILES string of the molecule is CC(CC(CC(Br)c1ccc(C(C)(F)F)cc1)c1ccc(O)cc1)c1ccccc1. The molecule has 1 N–H and O–H groups in total. The number of benzene rings is 3. The Morgan fingerprint density at radius 2 is 1.37 bits per heavy atom. The van der Waals surface area contributed by atoms with E-state index in [4.69, 9.17) is 0 Å². The van der Waals surface area contributed by atoms with Gasteiger partial charge < -0.3 is 5.11 Å². The highest BCUT2D eigenvalue weighted by Gasteiger charge is 2.25. The van der Waals surface area contributed by atoms with Crippen molar-refractivity contribution < 1.29 is 13.9 Å². The number of alkyl halides is 3. The van der Waals surface area contributed by atoms with Gasteiger partial charge in [-0.25, -0.2) is 8.78 Å². The summed E-state index contributed by atoms with van der Waals surface area (Å²) in [6.45, 7) is 3.14. The molecule has 3 atom stereocenters. The normalized spacial score (nSPS) is 14.8. The van der Waals surface area contributed by atoms with Gasteiger partial charge in [0.05, 0.1) is 0 Å². The van der Waals surface area contributed by atoms with Gasteiger partial charge in [0.15, 0.2) is 0 Å². The first-order valence-electron chi connectivity index (χ1n) is 10.2. The summed E-state index contributed by atoms with van der Waals surface area (Å²) in [5, 5.41) is 9.68. The van der Waals surface area contributed by atoms with Crippen LogP contribution in [0, 0.1) is 0 Å². The third-order valence-electron chi connectivity index (χ3n) is 5.64. The van der Waals surface area contributed by atoms with E-state index >= 15 is 0 Å². The fourth-order valence-corrected chi connectivity index (χ4v) is 4.59. The van der Waals surface area contributed by atoms with Crippen LogP contribution in [0.1, 0.15) is 65.6 Å². The van der Waals surface area contributed by atoms with Gasteiger partial charge >= 0.3 is 0 Å². The molecule has 3 aromatic carbocycles. The van der Waals surface area contributed by atoms with Gasteiger partial charge in [-0.3, -0.25) is 0 Å². The molecule has 0 saturated heterocycles. The lowest BCUT2D eigenvalue weighted by Crippen LogP contribution is -2.09. The Bertz CT molecular complexity index is 918. The summed E-state index contributed by atoms with van der Waals surface area (Å²) in [6.07, 6.45) is 1.77. The number of halogens is 3. The van der Waals surface area contributed by atoms with Crippen LogP contribution in [0.25, 0.3) is 0 Å². The standard InChI is InChI=1S/C26H27BrF2O/c1-18(19-6-4-3-5-7-19)16-22(20-10-14-24(30)15-11-20)17-25(27)21-8-12-23(13-9-21)26(2,28)29/h3-15,18,22,25,30H,16-17H2,1-2H3. The van der Waals surface area contributed by atoms with Crippen LogP contribution in [-0.4, -0.2) is 5.11 Å². The van der Waals surface area contributed by atoms with Crippen LogP contribution >= 0.6 is 15.9 Å². The highest BCUT2D eigenvalue weighted by atomic mass is 79.9. The minimum atomic E-state index is -2.83. The smallest absolute Gasteiger partial charge is 0.270 e. The lowest BCUT2D eigenvalue weighted by Gasteiger charge is -2.25. The predicted octanol–water partition coefficient (Wildman–Crippen LogP) is 8.31. The third-order valence-corrected chi connectivity index (χ3v) is 6.54. The van der Waals surface area contributed by atoms with E-state index in [0.29, 0.717) is 5.92 Å². The molecule has 0 aliphatic heterocycles. The summed E-state index contributed by atoms with van der Waals surface area (Å²) in [7, 11) is 0. The molecule has 0 spiro atoms. The molecule has 3 rings (SSSR count). The van der Waals surface area contributed by atoms with Gasteiger partial charge in [-0.1, -0.05) is 89.6 Å². The summed E-state index contributed by atoms with van der Waals surface area (Å²) in [6, 6.07) is 24.4. The van der Waals surface area contributed by atoms with Crippen LogP contribution in [0.2, 0.25) is 0 Å². The van der Waals surface area contributed by atoms with Crippen molar-refractivity contribution in [3.05, 3.63) is 101 Å². The van der Waals surface area contributed by atoms with Gasteiger partial charge in [-0.15, -0.1) is 0 Å². The number of hydrogen-bond acceptors (Lipinski definition) is 1. The Balaban J connectivity index is 1.80. The van der Waals surface area contributed by atoms with Gasteiger partial charge in [0.25, 0.3) is 5.92 Å². The van der Waals surface area contributed by atoms with Crippen LogP contribution in [0.4, 0.5) is 8.78 Å². The molecule has 30 heavy (non-hydrogen) atoms. The van der Waals surface area contributed by atoms with Gasteiger partial charge in [-0.2, -0.15) is 0 Å². The van der Waals surface area contributed by atoms with Crippen molar-refractivity contribution in [1.82, 2.24) is 0 Å². The summed E-state index contributed by atoms with van der Waals surface area (Å²) in [5.74, 6) is -1.97. The number of phenolic OH excluding ortho intramolecular Hbond substituents is 1. The van der Waals surface area contributed by atoms with Crippen LogP contribution in [-0.2, 0) is 5.92 Å². The van der Waals surface area contributed by atoms with Gasteiger partial charge in [0.1, 0.15) is 5.75 Å². The lowest BCUT2D eigenvalue weighted by molar-refractivity contribution is 0.0174. The molecule has 0 aliphatic rings. The minimum absolute atomic E-state index is 0.0266. The Labute approximate surface area is 185 Å². The number of aromatic hydroxyl groups is 1. The van der Waals surface area contributed by atoms with Crippen LogP contribution in [0.5, 0.6) is 5.75 Å². The summed E-state index contributed by atoms with van der Waals surface area (Å²) < 4.78 is 27.0. The zero-order valence-electron chi connectivity index (χ0n) is 17.2. The topological polar surface area (TPSA) is 20.2 Å². The number of rotatable bonds is 8. The first-order valence-corrected chi connectivity index (χ1v) is 11.1. The molecule has 0 radical (unpaired) electrons. The highest BCUT2D eigenvalue weighted by Crippen LogP contribution is 2.40. The first kappa shape index (κ1) is 22.5. The van der Waals surface area contributed by atoms with Crippen molar-refractivity contribution in [3.8, 4) is 5.75 Å². The van der Waals surface area contributed by atoms with Gasteiger partial charge in [-0.05, 0) is 53.5 Å². The highest BCUT2D eigenvalue weighted by molar-refractivity contribution is 9.09. The fourth-order valence-electron chi connectivity index (χ4n) is 3.83. The summed E-state index contributed by atoms with van der Waals surface area (Å²) >= 11 is 3.78. The van der Waals surface area contributed by atoms with E-state index in [1.54, 1.807) is 24.3 Å². The van der Waals surface area contributed by atoms with E-state index in [2.05, 4.69) is 47.1 Å². The molecule has 0 saturated carbocycles. The average molecular weight is 473 g/mol. The van der Waals surface area contributed by atoms with E-state index in [1.165, 1.54) is 17.7 Å². The van der Waals surface area contributed by atoms with Crippen LogP contribution < -0.4 is 0 Å². The summed E-state index contributed by atoms with van der Waals surface area (Å²) in [5.41, 5.74) is 3.47. The monoisotopic (exact) mass is 472 g/mol. The van der Waals surface area contributed by atoms with E-state index < -0.39 is 5.92 Å². The molecule has 0 fully saturated rings. The van der Waals surface area contributed by atoms with Crippen molar-refractivity contribution in [2.24, 2.45) is 0 Å². The van der Waals surface area contributed by atoms with Crippen molar-refractivity contribution in [2.75, 3.05) is 0 Å². The predicted molar refractivity (Wildman–Crippen MR) is 123 cm³/mol. The molecule has 1 nitrogen and oxygen atoms in total. The van der Waals surface area contributed by atoms with Crippen LogP contribution in [0.15, 0.2) is 78.9 Å². The molecule has 0 heterocycles. The van der Waals surface area contributed by atoms with E-state index in [9.17, 15) is 13.9 Å². The fraction of sp³-hybridized carbons (Fsp3) is 0.308. The van der Waals surface area contributed by atoms with Crippen molar-refractivity contribution >= 4 is 15.9 Å². The third kappa shape index (κ3) is 5.91. The minimum Gasteiger partial charge on any atom is -0.508 e. The maximum absolute atomic E-state index is 13.5. The van der Waals surface area contributed by atoms with Crippen molar-refractivity contribution in [1.29, 1.82) is 0 Å². The summed E-state index contributed by atoms with van der Waals surface area (Å²) in [4.78, 5) is 0.0406. The second kappa shape index (κ2) is 9.74. The Morgan fingerprint density at radius 3 is 1.93 bits per heavy atom. The molecular weight excluding hydrogens is 446 g/mol. The van der Waals surface area contributed by atoms with E-state index in [1.807, 2.05) is 18.2 Å². The van der Waals surface area contributed by atoms with E-state index in [-0.39, 0.29) is 22.1 Å².